The maximum absolute atomic E-state index is 12.0. The highest BCUT2D eigenvalue weighted by molar-refractivity contribution is 5.99. The minimum absolute atomic E-state index is 0.339. The molecular weight excluding hydrogens is 292 g/mol. The first-order valence-corrected chi connectivity index (χ1v) is 7.07. The van der Waals surface area contributed by atoms with Crippen molar-refractivity contribution in [1.29, 1.82) is 0 Å². The molecule has 0 saturated heterocycles. The number of nitrogens with one attached hydrogen (secondary N) is 2. The number of anilines is 2. The predicted molar refractivity (Wildman–Crippen MR) is 87.7 cm³/mol. The summed E-state index contributed by atoms with van der Waals surface area (Å²) in [6, 6.07) is 5.52. The molecule has 0 aliphatic carbocycles. The Morgan fingerprint density at radius 3 is 2.26 bits per heavy atom. The summed E-state index contributed by atoms with van der Waals surface area (Å²) in [5.41, 5.74) is 3.44. The van der Waals surface area contributed by atoms with Gasteiger partial charge in [0.25, 0.3) is 0 Å². The third-order valence-electron chi connectivity index (χ3n) is 3.11. The van der Waals surface area contributed by atoms with E-state index in [0.717, 1.165) is 16.8 Å². The van der Waals surface area contributed by atoms with Crippen molar-refractivity contribution in [3.63, 3.8) is 0 Å². The molecule has 0 fully saturated rings. The second-order valence-corrected chi connectivity index (χ2v) is 5.20. The highest BCUT2D eigenvalue weighted by Gasteiger charge is 2.05. The topological polar surface area (TPSA) is 84.7 Å². The summed E-state index contributed by atoms with van der Waals surface area (Å²) in [5.74, 6) is 0.489. The van der Waals surface area contributed by atoms with E-state index in [1.807, 2.05) is 32.0 Å². The van der Waals surface area contributed by atoms with Gasteiger partial charge >= 0.3 is 6.03 Å². The zero-order valence-corrected chi connectivity index (χ0v) is 12.8. The first-order chi connectivity index (χ1) is 11.1. The molecule has 2 amide bonds. The van der Waals surface area contributed by atoms with E-state index in [9.17, 15) is 4.79 Å². The van der Waals surface area contributed by atoms with Crippen molar-refractivity contribution < 1.29 is 4.79 Å². The summed E-state index contributed by atoms with van der Waals surface area (Å²) >= 11 is 0. The molecule has 2 heterocycles. The van der Waals surface area contributed by atoms with Gasteiger partial charge < -0.3 is 10.6 Å². The second kappa shape index (κ2) is 6.27. The van der Waals surface area contributed by atoms with Crippen LogP contribution in [0.25, 0.3) is 5.95 Å². The van der Waals surface area contributed by atoms with Gasteiger partial charge in [0, 0.05) is 18.1 Å². The molecule has 0 radical (unpaired) electrons. The van der Waals surface area contributed by atoms with Crippen LogP contribution in [0.2, 0.25) is 0 Å². The second-order valence-electron chi connectivity index (χ2n) is 5.20. The summed E-state index contributed by atoms with van der Waals surface area (Å²) in [6.45, 7) is 3.97. The minimum Gasteiger partial charge on any atom is -0.308 e. The third kappa shape index (κ3) is 3.70. The lowest BCUT2D eigenvalue weighted by Crippen LogP contribution is -2.20. The van der Waals surface area contributed by atoms with Crippen molar-refractivity contribution in [1.82, 2.24) is 19.5 Å². The molecule has 0 saturated carbocycles. The van der Waals surface area contributed by atoms with Crippen LogP contribution in [0.4, 0.5) is 16.2 Å². The first kappa shape index (κ1) is 14.7. The molecule has 2 N–H and O–H groups in total. The smallest absolute Gasteiger partial charge is 0.308 e. The molecule has 7 nitrogen and oxygen atoms in total. The average molecular weight is 308 g/mol. The molecule has 116 valence electrons. The van der Waals surface area contributed by atoms with Gasteiger partial charge in [-0.25, -0.2) is 19.7 Å². The number of hydrogen-bond acceptors (Lipinski definition) is 4. The summed E-state index contributed by atoms with van der Waals surface area (Å²) in [7, 11) is 0. The number of aromatic nitrogens is 4. The summed E-state index contributed by atoms with van der Waals surface area (Å²) in [4.78, 5) is 24.3. The van der Waals surface area contributed by atoms with Gasteiger partial charge in [0.05, 0.1) is 18.1 Å². The predicted octanol–water partition coefficient (Wildman–Crippen LogP) is 2.92. The Morgan fingerprint density at radius 1 is 1.00 bits per heavy atom. The van der Waals surface area contributed by atoms with Crippen molar-refractivity contribution in [2.45, 2.75) is 13.8 Å². The molecule has 0 aliphatic rings. The fourth-order valence-corrected chi connectivity index (χ4v) is 2.24. The number of amides is 2. The monoisotopic (exact) mass is 308 g/mol. The van der Waals surface area contributed by atoms with Gasteiger partial charge in [-0.05, 0) is 37.1 Å². The Morgan fingerprint density at radius 2 is 1.65 bits per heavy atom. The van der Waals surface area contributed by atoms with Gasteiger partial charge in [-0.15, -0.1) is 0 Å². The van der Waals surface area contributed by atoms with E-state index in [1.165, 1.54) is 0 Å². The third-order valence-corrected chi connectivity index (χ3v) is 3.11. The number of benzene rings is 1. The maximum Gasteiger partial charge on any atom is 0.323 e. The first-order valence-electron chi connectivity index (χ1n) is 7.07. The van der Waals surface area contributed by atoms with Crippen molar-refractivity contribution in [2.75, 3.05) is 10.6 Å². The number of aryl methyl sites for hydroxylation is 2. The van der Waals surface area contributed by atoms with E-state index < -0.39 is 0 Å². The number of carbonyl (C=O) groups excluding carboxylic acids is 1. The van der Waals surface area contributed by atoms with Crippen LogP contribution in [-0.4, -0.2) is 25.6 Å². The van der Waals surface area contributed by atoms with E-state index in [0.29, 0.717) is 11.6 Å². The number of rotatable bonds is 3. The van der Waals surface area contributed by atoms with E-state index >= 15 is 0 Å². The SMILES string of the molecule is Cc1cc(C)cc(NC(=O)Nc2cnc(-n3ccnc3)nc2)c1. The van der Waals surface area contributed by atoms with E-state index in [-0.39, 0.29) is 6.03 Å². The van der Waals surface area contributed by atoms with E-state index in [2.05, 4.69) is 25.6 Å². The molecule has 0 unspecified atom stereocenters. The molecule has 3 aromatic rings. The van der Waals surface area contributed by atoms with Gasteiger partial charge in [0.15, 0.2) is 0 Å². The number of urea groups is 1. The molecule has 7 heteroatoms. The lowest BCUT2D eigenvalue weighted by atomic mass is 10.1. The summed E-state index contributed by atoms with van der Waals surface area (Å²) in [6.07, 6.45) is 8.09. The zero-order chi connectivity index (χ0) is 16.2. The number of hydrogen-bond donors (Lipinski definition) is 2. The molecule has 0 atom stereocenters. The summed E-state index contributed by atoms with van der Waals surface area (Å²) in [5, 5.41) is 5.50. The fraction of sp³-hybridized carbons (Fsp3) is 0.125. The Hall–Kier alpha value is -3.22. The molecular formula is C16H16N6O. The van der Waals surface area contributed by atoms with Gasteiger partial charge in [0.2, 0.25) is 5.95 Å². The van der Waals surface area contributed by atoms with E-state index in [4.69, 9.17) is 0 Å². The average Bonchev–Trinajstić information content (AvgIpc) is 3.01. The van der Waals surface area contributed by atoms with Crippen molar-refractivity contribution in [3.05, 3.63) is 60.4 Å². The minimum atomic E-state index is -0.339. The number of imidazole rings is 1. The largest absolute Gasteiger partial charge is 0.323 e. The van der Waals surface area contributed by atoms with Gasteiger partial charge in [-0.2, -0.15) is 0 Å². The lowest BCUT2D eigenvalue weighted by Gasteiger charge is -2.09. The van der Waals surface area contributed by atoms with Gasteiger partial charge in [-0.1, -0.05) is 6.07 Å². The standard InChI is InChI=1S/C16H16N6O/c1-11-5-12(2)7-13(6-11)20-16(23)21-14-8-18-15(19-9-14)22-4-3-17-10-22/h3-10H,1-2H3,(H2,20,21,23). The molecule has 2 aromatic heterocycles. The van der Waals surface area contributed by atoms with Crippen molar-refractivity contribution in [3.8, 4) is 5.95 Å². The molecule has 0 spiro atoms. The molecule has 1 aromatic carbocycles. The molecule has 23 heavy (non-hydrogen) atoms. The van der Waals surface area contributed by atoms with Crippen LogP contribution < -0.4 is 10.6 Å². The number of nitrogens with zero attached hydrogens (tertiary/aromatic N) is 4. The van der Waals surface area contributed by atoms with Crippen LogP contribution in [0.3, 0.4) is 0 Å². The number of carbonyl (C=O) groups is 1. The highest BCUT2D eigenvalue weighted by Crippen LogP contribution is 2.14. The van der Waals surface area contributed by atoms with Gasteiger partial charge in [0.1, 0.15) is 6.33 Å². The lowest BCUT2D eigenvalue weighted by molar-refractivity contribution is 0.262. The van der Waals surface area contributed by atoms with Crippen LogP contribution >= 0.6 is 0 Å². The van der Waals surface area contributed by atoms with E-state index in [1.54, 1.807) is 35.7 Å². The normalized spacial score (nSPS) is 10.3. The molecule has 0 aliphatic heterocycles. The Kier molecular flexibility index (Phi) is 4.01. The zero-order valence-electron chi connectivity index (χ0n) is 12.8. The maximum atomic E-state index is 12.0. The fourth-order valence-electron chi connectivity index (χ4n) is 2.24. The van der Waals surface area contributed by atoms with Crippen LogP contribution in [0.15, 0.2) is 49.3 Å². The quantitative estimate of drug-likeness (QED) is 0.779. The van der Waals surface area contributed by atoms with Crippen LogP contribution in [0.1, 0.15) is 11.1 Å². The van der Waals surface area contributed by atoms with Crippen LogP contribution in [0, 0.1) is 13.8 Å². The molecule has 3 rings (SSSR count). The van der Waals surface area contributed by atoms with Gasteiger partial charge in [-0.3, -0.25) is 4.57 Å². The molecule has 0 bridgehead atoms. The Bertz CT molecular complexity index is 791. The summed E-state index contributed by atoms with van der Waals surface area (Å²) < 4.78 is 1.68. The Labute approximate surface area is 133 Å². The van der Waals surface area contributed by atoms with Crippen molar-refractivity contribution in [2.24, 2.45) is 0 Å². The highest BCUT2D eigenvalue weighted by atomic mass is 16.2. The Balaban J connectivity index is 1.65. The van der Waals surface area contributed by atoms with Crippen LogP contribution in [0.5, 0.6) is 0 Å². The van der Waals surface area contributed by atoms with Crippen molar-refractivity contribution >= 4 is 17.4 Å². The van der Waals surface area contributed by atoms with Crippen LogP contribution in [-0.2, 0) is 0 Å².